The van der Waals surface area contributed by atoms with E-state index in [-0.39, 0.29) is 23.3 Å². The summed E-state index contributed by atoms with van der Waals surface area (Å²) in [6.45, 7) is 3.53. The number of likely N-dealkylation sites (tertiary alicyclic amines) is 1. The highest BCUT2D eigenvalue weighted by atomic mass is 19.1. The average Bonchev–Trinajstić information content (AvgIpc) is 2.83. The number of halogens is 1. The SMILES string of the molecule is COCCNC(=O)[C@H](NC(=O)c1ccccc1F)C1CCN(C(=O)c2ccc(C)cc2)CC1. The summed E-state index contributed by atoms with van der Waals surface area (Å²) in [5.41, 5.74) is 1.60. The smallest absolute Gasteiger partial charge is 0.254 e. The van der Waals surface area contributed by atoms with Crippen LogP contribution in [-0.4, -0.2) is 62.0 Å². The van der Waals surface area contributed by atoms with Crippen molar-refractivity contribution in [3.8, 4) is 0 Å². The molecule has 0 radical (unpaired) electrons. The highest BCUT2D eigenvalue weighted by Gasteiger charge is 2.34. The maximum atomic E-state index is 14.1. The number of carbonyl (C=O) groups is 3. The number of ether oxygens (including phenoxy) is 1. The number of nitrogens with one attached hydrogen (secondary N) is 2. The van der Waals surface area contributed by atoms with Crippen LogP contribution in [0.15, 0.2) is 48.5 Å². The molecule has 1 heterocycles. The van der Waals surface area contributed by atoms with Crippen LogP contribution in [0.25, 0.3) is 0 Å². The van der Waals surface area contributed by atoms with Gasteiger partial charge in [-0.1, -0.05) is 29.8 Å². The lowest BCUT2D eigenvalue weighted by molar-refractivity contribution is -0.124. The van der Waals surface area contributed by atoms with Crippen molar-refractivity contribution in [1.29, 1.82) is 0 Å². The van der Waals surface area contributed by atoms with Gasteiger partial charge in [-0.15, -0.1) is 0 Å². The fraction of sp³-hybridized carbons (Fsp3) is 0.400. The number of hydrogen-bond donors (Lipinski definition) is 2. The molecule has 0 aliphatic carbocycles. The maximum Gasteiger partial charge on any atom is 0.254 e. The molecule has 1 aliphatic rings. The van der Waals surface area contributed by atoms with Gasteiger partial charge in [0, 0.05) is 32.3 Å². The van der Waals surface area contributed by atoms with Gasteiger partial charge in [-0.25, -0.2) is 4.39 Å². The van der Waals surface area contributed by atoms with E-state index in [0.717, 1.165) is 5.56 Å². The third-order valence-electron chi connectivity index (χ3n) is 5.89. The average molecular weight is 456 g/mol. The molecular formula is C25H30FN3O4. The first kappa shape index (κ1) is 24.4. The molecular weight excluding hydrogens is 425 g/mol. The van der Waals surface area contributed by atoms with Crippen molar-refractivity contribution >= 4 is 17.7 Å². The molecule has 0 spiro atoms. The number of methoxy groups -OCH3 is 1. The predicted octanol–water partition coefficient (Wildman–Crippen LogP) is 2.55. The number of rotatable bonds is 8. The van der Waals surface area contributed by atoms with Crippen molar-refractivity contribution in [3.05, 3.63) is 71.0 Å². The molecule has 1 aliphatic heterocycles. The number of piperidine rings is 1. The van der Waals surface area contributed by atoms with E-state index in [9.17, 15) is 18.8 Å². The number of nitrogens with zero attached hydrogens (tertiary/aromatic N) is 1. The second kappa shape index (κ2) is 11.6. The summed E-state index contributed by atoms with van der Waals surface area (Å²) in [5.74, 6) is -1.87. The van der Waals surface area contributed by atoms with Crippen LogP contribution < -0.4 is 10.6 Å². The first-order valence-corrected chi connectivity index (χ1v) is 11.1. The molecule has 0 unspecified atom stereocenters. The molecule has 7 nitrogen and oxygen atoms in total. The molecule has 1 saturated heterocycles. The molecule has 1 fully saturated rings. The van der Waals surface area contributed by atoms with Crippen molar-refractivity contribution in [2.75, 3.05) is 33.4 Å². The number of benzene rings is 2. The van der Waals surface area contributed by atoms with Gasteiger partial charge in [-0.3, -0.25) is 14.4 Å². The van der Waals surface area contributed by atoms with Gasteiger partial charge in [0.05, 0.1) is 12.2 Å². The first-order valence-electron chi connectivity index (χ1n) is 11.1. The van der Waals surface area contributed by atoms with Gasteiger partial charge in [0.25, 0.3) is 11.8 Å². The second-order valence-corrected chi connectivity index (χ2v) is 8.21. The summed E-state index contributed by atoms with van der Waals surface area (Å²) in [5, 5.41) is 5.48. The van der Waals surface area contributed by atoms with Gasteiger partial charge in [-0.05, 0) is 49.9 Å². The Kier molecular flexibility index (Phi) is 8.54. The Morgan fingerprint density at radius 1 is 1.09 bits per heavy atom. The highest BCUT2D eigenvalue weighted by molar-refractivity contribution is 5.98. The number of amides is 3. The van der Waals surface area contributed by atoms with Crippen LogP contribution in [0, 0.1) is 18.7 Å². The summed E-state index contributed by atoms with van der Waals surface area (Å²) in [6, 6.07) is 12.2. The maximum absolute atomic E-state index is 14.1. The summed E-state index contributed by atoms with van der Waals surface area (Å²) in [4.78, 5) is 40.2. The van der Waals surface area contributed by atoms with Gasteiger partial charge >= 0.3 is 0 Å². The molecule has 33 heavy (non-hydrogen) atoms. The summed E-state index contributed by atoms with van der Waals surface area (Å²) in [7, 11) is 1.53. The molecule has 2 aromatic carbocycles. The zero-order valence-electron chi connectivity index (χ0n) is 19.0. The Labute approximate surface area is 193 Å². The van der Waals surface area contributed by atoms with Gasteiger partial charge in [0.2, 0.25) is 5.91 Å². The van der Waals surface area contributed by atoms with Crippen LogP contribution >= 0.6 is 0 Å². The van der Waals surface area contributed by atoms with Crippen LogP contribution in [0.2, 0.25) is 0 Å². The Morgan fingerprint density at radius 2 is 1.76 bits per heavy atom. The highest BCUT2D eigenvalue weighted by Crippen LogP contribution is 2.23. The van der Waals surface area contributed by atoms with E-state index in [1.165, 1.54) is 25.3 Å². The minimum absolute atomic E-state index is 0.0510. The molecule has 1 atom stereocenters. The number of carbonyl (C=O) groups excluding carboxylic acids is 3. The van der Waals surface area contributed by atoms with Crippen LogP contribution in [0.1, 0.15) is 39.1 Å². The van der Waals surface area contributed by atoms with E-state index >= 15 is 0 Å². The molecule has 0 bridgehead atoms. The minimum atomic E-state index is -0.842. The van der Waals surface area contributed by atoms with Crippen LogP contribution in [0.4, 0.5) is 4.39 Å². The van der Waals surface area contributed by atoms with E-state index in [0.29, 0.717) is 44.6 Å². The molecule has 8 heteroatoms. The van der Waals surface area contributed by atoms with Crippen molar-refractivity contribution in [1.82, 2.24) is 15.5 Å². The summed E-state index contributed by atoms with van der Waals surface area (Å²) >= 11 is 0. The quantitative estimate of drug-likeness (QED) is 0.599. The van der Waals surface area contributed by atoms with E-state index in [4.69, 9.17) is 4.74 Å². The Morgan fingerprint density at radius 3 is 2.39 bits per heavy atom. The first-order chi connectivity index (χ1) is 15.9. The Balaban J connectivity index is 1.68. The van der Waals surface area contributed by atoms with Crippen molar-refractivity contribution in [2.24, 2.45) is 5.92 Å². The standard InChI is InChI=1S/C25H30FN3O4/c1-17-7-9-19(10-8-17)25(32)29-14-11-18(12-15-29)22(24(31)27-13-16-33-2)28-23(30)20-5-3-4-6-21(20)26/h3-10,18,22H,11-16H2,1-2H3,(H,27,31)(H,28,30)/t22-/m1/s1. The van der Waals surface area contributed by atoms with Gasteiger partial charge in [0.1, 0.15) is 11.9 Å². The normalized spacial score (nSPS) is 15.1. The van der Waals surface area contributed by atoms with Crippen LogP contribution in [-0.2, 0) is 9.53 Å². The van der Waals surface area contributed by atoms with E-state index in [1.54, 1.807) is 11.0 Å². The third-order valence-corrected chi connectivity index (χ3v) is 5.89. The summed E-state index contributed by atoms with van der Waals surface area (Å²) in [6.07, 6.45) is 1.08. The largest absolute Gasteiger partial charge is 0.383 e. The second-order valence-electron chi connectivity index (χ2n) is 8.21. The molecule has 0 saturated carbocycles. The lowest BCUT2D eigenvalue weighted by Crippen LogP contribution is -2.54. The van der Waals surface area contributed by atoms with Gasteiger partial charge in [-0.2, -0.15) is 0 Å². The lowest BCUT2D eigenvalue weighted by Gasteiger charge is -2.36. The molecule has 176 valence electrons. The zero-order chi connectivity index (χ0) is 23.8. The van der Waals surface area contributed by atoms with Gasteiger partial charge in [0.15, 0.2) is 0 Å². The Hall–Kier alpha value is -3.26. The van der Waals surface area contributed by atoms with Crippen LogP contribution in [0.5, 0.6) is 0 Å². The van der Waals surface area contributed by atoms with E-state index < -0.39 is 17.8 Å². The zero-order valence-corrected chi connectivity index (χ0v) is 19.0. The number of aryl methyl sites for hydroxylation is 1. The molecule has 3 amide bonds. The summed E-state index contributed by atoms with van der Waals surface area (Å²) < 4.78 is 19.1. The van der Waals surface area contributed by atoms with E-state index in [2.05, 4.69) is 10.6 Å². The van der Waals surface area contributed by atoms with E-state index in [1.807, 2.05) is 31.2 Å². The fourth-order valence-electron chi connectivity index (χ4n) is 3.96. The fourth-order valence-corrected chi connectivity index (χ4v) is 3.96. The Bertz CT molecular complexity index is 972. The predicted molar refractivity (Wildman–Crippen MR) is 122 cm³/mol. The molecule has 2 aromatic rings. The molecule has 3 rings (SSSR count). The lowest BCUT2D eigenvalue weighted by atomic mass is 9.88. The minimum Gasteiger partial charge on any atom is -0.383 e. The van der Waals surface area contributed by atoms with Crippen LogP contribution in [0.3, 0.4) is 0 Å². The van der Waals surface area contributed by atoms with Crippen molar-refractivity contribution in [3.63, 3.8) is 0 Å². The van der Waals surface area contributed by atoms with Crippen molar-refractivity contribution < 1.29 is 23.5 Å². The molecule has 2 N–H and O–H groups in total. The topological polar surface area (TPSA) is 87.7 Å². The monoisotopic (exact) mass is 455 g/mol. The number of hydrogen-bond acceptors (Lipinski definition) is 4. The van der Waals surface area contributed by atoms with Gasteiger partial charge < -0.3 is 20.3 Å². The third kappa shape index (κ3) is 6.38. The molecule has 0 aromatic heterocycles. The van der Waals surface area contributed by atoms with Crippen molar-refractivity contribution in [2.45, 2.75) is 25.8 Å².